The summed E-state index contributed by atoms with van der Waals surface area (Å²) in [5.41, 5.74) is 3.83. The summed E-state index contributed by atoms with van der Waals surface area (Å²) in [5, 5.41) is 3.99. The first-order valence-electron chi connectivity index (χ1n) is 10.5. The molecule has 0 saturated heterocycles. The van der Waals surface area contributed by atoms with Crippen LogP contribution in [0.25, 0.3) is 0 Å². The van der Waals surface area contributed by atoms with Crippen molar-refractivity contribution < 1.29 is 14.3 Å². The zero-order chi connectivity index (χ0) is 21.6. The fourth-order valence-electron chi connectivity index (χ4n) is 2.88. The number of unbranched alkanes of at least 4 members (excludes halogenated alkanes) is 6. The Bertz CT molecular complexity index is 835. The molecule has 1 amide bonds. The molecule has 0 aliphatic heterocycles. The number of ether oxygens (including phenoxy) is 1. The summed E-state index contributed by atoms with van der Waals surface area (Å²) in [5.74, 6) is -0.0465. The van der Waals surface area contributed by atoms with Gasteiger partial charge in [-0.05, 0) is 54.4 Å². The molecule has 0 fully saturated rings. The van der Waals surface area contributed by atoms with E-state index in [1.54, 1.807) is 48.7 Å². The molecule has 30 heavy (non-hydrogen) atoms. The Morgan fingerprint density at radius 1 is 1.00 bits per heavy atom. The molecule has 5 nitrogen and oxygen atoms in total. The van der Waals surface area contributed by atoms with Crippen molar-refractivity contribution in [3.8, 4) is 5.75 Å². The molecule has 0 radical (unpaired) electrons. The van der Waals surface area contributed by atoms with Crippen molar-refractivity contribution in [1.29, 1.82) is 0 Å². The fraction of sp³-hybridized carbons (Fsp3) is 0.375. The Kier molecular flexibility index (Phi) is 10.9. The SMILES string of the molecule is CCCCCCCCCC(=O)NN=Cc1ccc(OC(=O)c2cccc(Br)c2)cc1. The van der Waals surface area contributed by atoms with Crippen LogP contribution in [0.2, 0.25) is 0 Å². The molecule has 6 heteroatoms. The summed E-state index contributed by atoms with van der Waals surface area (Å²) in [6, 6.07) is 14.0. The molecule has 0 saturated carbocycles. The van der Waals surface area contributed by atoms with E-state index in [1.165, 1.54) is 32.1 Å². The lowest BCUT2D eigenvalue weighted by Gasteiger charge is -2.05. The van der Waals surface area contributed by atoms with Gasteiger partial charge in [-0.15, -0.1) is 0 Å². The summed E-state index contributed by atoms with van der Waals surface area (Å²) < 4.78 is 6.18. The molecule has 2 aromatic carbocycles. The van der Waals surface area contributed by atoms with Gasteiger partial charge in [0.2, 0.25) is 5.91 Å². The van der Waals surface area contributed by atoms with Crippen LogP contribution in [0.15, 0.2) is 58.1 Å². The molecule has 0 unspecified atom stereocenters. The highest BCUT2D eigenvalue weighted by molar-refractivity contribution is 9.10. The van der Waals surface area contributed by atoms with Gasteiger partial charge in [0.25, 0.3) is 0 Å². The number of benzene rings is 2. The molecule has 2 aromatic rings. The van der Waals surface area contributed by atoms with Gasteiger partial charge in [-0.2, -0.15) is 5.10 Å². The average Bonchev–Trinajstić information content (AvgIpc) is 2.74. The van der Waals surface area contributed by atoms with E-state index in [4.69, 9.17) is 4.74 Å². The van der Waals surface area contributed by atoms with E-state index in [0.29, 0.717) is 17.7 Å². The molecule has 0 atom stereocenters. The van der Waals surface area contributed by atoms with Crippen LogP contribution >= 0.6 is 15.9 Å². The van der Waals surface area contributed by atoms with E-state index >= 15 is 0 Å². The van der Waals surface area contributed by atoms with Crippen molar-refractivity contribution >= 4 is 34.0 Å². The first-order valence-corrected chi connectivity index (χ1v) is 11.3. The lowest BCUT2D eigenvalue weighted by atomic mass is 10.1. The van der Waals surface area contributed by atoms with Crippen molar-refractivity contribution in [1.82, 2.24) is 5.43 Å². The number of carbonyl (C=O) groups excluding carboxylic acids is 2. The Morgan fingerprint density at radius 2 is 1.70 bits per heavy atom. The topological polar surface area (TPSA) is 67.8 Å². The second-order valence-electron chi connectivity index (χ2n) is 7.13. The summed E-state index contributed by atoms with van der Waals surface area (Å²) in [6.07, 6.45) is 10.3. The van der Waals surface area contributed by atoms with Crippen molar-refractivity contribution in [2.75, 3.05) is 0 Å². The molecule has 1 N–H and O–H groups in total. The number of hydrazone groups is 1. The summed E-state index contributed by atoms with van der Waals surface area (Å²) in [6.45, 7) is 2.21. The summed E-state index contributed by atoms with van der Waals surface area (Å²) in [4.78, 5) is 24.0. The lowest BCUT2D eigenvalue weighted by molar-refractivity contribution is -0.121. The van der Waals surface area contributed by atoms with Crippen molar-refractivity contribution in [2.45, 2.75) is 58.3 Å². The first-order chi connectivity index (χ1) is 14.6. The number of carbonyl (C=O) groups is 2. The van der Waals surface area contributed by atoms with E-state index in [1.807, 2.05) is 6.07 Å². The van der Waals surface area contributed by atoms with E-state index in [2.05, 4.69) is 33.4 Å². The van der Waals surface area contributed by atoms with Gasteiger partial charge in [0.05, 0.1) is 11.8 Å². The van der Waals surface area contributed by atoms with Crippen LogP contribution in [0.3, 0.4) is 0 Å². The van der Waals surface area contributed by atoms with Crippen LogP contribution in [-0.4, -0.2) is 18.1 Å². The average molecular weight is 473 g/mol. The molecule has 2 rings (SSSR count). The van der Waals surface area contributed by atoms with Crippen molar-refractivity contribution in [2.24, 2.45) is 5.10 Å². The van der Waals surface area contributed by atoms with E-state index in [9.17, 15) is 9.59 Å². The summed E-state index contributed by atoms with van der Waals surface area (Å²) >= 11 is 3.34. The molecular weight excluding hydrogens is 444 g/mol. The maximum Gasteiger partial charge on any atom is 0.343 e. The Labute approximate surface area is 187 Å². The number of hydrogen-bond acceptors (Lipinski definition) is 4. The number of nitrogens with zero attached hydrogens (tertiary/aromatic N) is 1. The third kappa shape index (κ3) is 9.35. The third-order valence-corrected chi connectivity index (χ3v) is 5.05. The zero-order valence-electron chi connectivity index (χ0n) is 17.4. The van der Waals surface area contributed by atoms with Gasteiger partial charge < -0.3 is 4.74 Å². The first kappa shape index (κ1) is 23.8. The normalized spacial score (nSPS) is 10.9. The van der Waals surface area contributed by atoms with Gasteiger partial charge in [0.1, 0.15) is 5.75 Å². The number of rotatable bonds is 12. The van der Waals surface area contributed by atoms with Gasteiger partial charge in [-0.25, -0.2) is 10.2 Å². The smallest absolute Gasteiger partial charge is 0.343 e. The number of esters is 1. The molecule has 0 bridgehead atoms. The van der Waals surface area contributed by atoms with Gasteiger partial charge in [-0.3, -0.25) is 4.79 Å². The molecular formula is C24H29BrN2O3. The van der Waals surface area contributed by atoms with Crippen LogP contribution < -0.4 is 10.2 Å². The predicted molar refractivity (Wildman–Crippen MR) is 124 cm³/mol. The van der Waals surface area contributed by atoms with Crippen LogP contribution in [0, 0.1) is 0 Å². The lowest BCUT2D eigenvalue weighted by Crippen LogP contribution is -2.16. The largest absolute Gasteiger partial charge is 0.423 e. The molecule has 0 aromatic heterocycles. The molecule has 0 heterocycles. The highest BCUT2D eigenvalue weighted by Gasteiger charge is 2.08. The number of hydrogen-bond donors (Lipinski definition) is 1. The van der Waals surface area contributed by atoms with Crippen LogP contribution in [-0.2, 0) is 4.79 Å². The quantitative estimate of drug-likeness (QED) is 0.130. The van der Waals surface area contributed by atoms with E-state index < -0.39 is 5.97 Å². The highest BCUT2D eigenvalue weighted by Crippen LogP contribution is 2.16. The second kappa shape index (κ2) is 13.7. The molecule has 160 valence electrons. The van der Waals surface area contributed by atoms with Gasteiger partial charge >= 0.3 is 5.97 Å². The van der Waals surface area contributed by atoms with Crippen molar-refractivity contribution in [3.63, 3.8) is 0 Å². The maximum atomic E-state index is 12.2. The number of halogens is 1. The Hall–Kier alpha value is -2.47. The maximum absolute atomic E-state index is 12.2. The Balaban J connectivity index is 1.69. The molecule has 0 spiro atoms. The number of nitrogens with one attached hydrogen (secondary N) is 1. The van der Waals surface area contributed by atoms with Gasteiger partial charge in [0.15, 0.2) is 0 Å². The van der Waals surface area contributed by atoms with Crippen LogP contribution in [0.5, 0.6) is 5.75 Å². The Morgan fingerprint density at radius 3 is 2.40 bits per heavy atom. The zero-order valence-corrected chi connectivity index (χ0v) is 19.0. The van der Waals surface area contributed by atoms with Gasteiger partial charge in [-0.1, -0.05) is 67.4 Å². The minimum absolute atomic E-state index is 0.0700. The van der Waals surface area contributed by atoms with E-state index in [-0.39, 0.29) is 5.91 Å². The number of amides is 1. The van der Waals surface area contributed by atoms with Crippen LogP contribution in [0.4, 0.5) is 0 Å². The van der Waals surface area contributed by atoms with Crippen molar-refractivity contribution in [3.05, 3.63) is 64.1 Å². The summed E-state index contributed by atoms with van der Waals surface area (Å²) in [7, 11) is 0. The van der Waals surface area contributed by atoms with Gasteiger partial charge in [0, 0.05) is 10.9 Å². The highest BCUT2D eigenvalue weighted by atomic mass is 79.9. The minimum Gasteiger partial charge on any atom is -0.423 e. The minimum atomic E-state index is -0.421. The monoisotopic (exact) mass is 472 g/mol. The molecule has 0 aliphatic carbocycles. The molecule has 0 aliphatic rings. The van der Waals surface area contributed by atoms with Crippen LogP contribution in [0.1, 0.15) is 74.2 Å². The standard InChI is InChI=1S/C24H29BrN2O3/c1-2-3-4-5-6-7-8-12-23(28)27-26-18-19-13-15-22(16-14-19)30-24(29)20-10-9-11-21(25)17-20/h9-11,13-18H,2-8,12H2,1H3,(H,27,28). The second-order valence-corrected chi connectivity index (χ2v) is 8.05. The predicted octanol–water partition coefficient (Wildman–Crippen LogP) is 6.26. The van der Waals surface area contributed by atoms with E-state index in [0.717, 1.165) is 22.9 Å². The third-order valence-electron chi connectivity index (χ3n) is 4.56. The fourth-order valence-corrected chi connectivity index (χ4v) is 3.28.